The number of benzene rings is 4. The largest absolute Gasteiger partial charge is 1.00 e. The number of aryl methyl sites for hydroxylation is 1. The maximum absolute atomic E-state index is 14.2. The van der Waals surface area contributed by atoms with Crippen molar-refractivity contribution >= 4 is 62.5 Å². The van der Waals surface area contributed by atoms with Crippen LogP contribution in [-0.2, 0) is 27.7 Å². The number of unbranched alkanes of at least 4 members (excludes halogenated alkanes) is 2. The molecule has 5 aromatic rings. The van der Waals surface area contributed by atoms with Gasteiger partial charge < -0.3 is 39.8 Å². The second-order valence-electron chi connectivity index (χ2n) is 11.9. The normalized spacial score (nSPS) is 11.4. The van der Waals surface area contributed by atoms with Gasteiger partial charge >= 0.3 is 118 Å². The van der Waals surface area contributed by atoms with Crippen LogP contribution in [0.4, 0.5) is 17.1 Å². The first-order valence-electron chi connectivity index (χ1n) is 16.0. The van der Waals surface area contributed by atoms with Crippen LogP contribution in [0.3, 0.4) is 0 Å². The third-order valence-electron chi connectivity index (χ3n) is 8.58. The molecule has 4 aromatic carbocycles. The van der Waals surface area contributed by atoms with Gasteiger partial charge in [-0.2, -0.15) is 42.5 Å². The molecule has 260 valence electrons. The van der Waals surface area contributed by atoms with Crippen molar-refractivity contribution in [2.75, 3.05) is 23.7 Å². The number of amides is 1. The van der Waals surface area contributed by atoms with Crippen LogP contribution in [0.25, 0.3) is 22.0 Å². The summed E-state index contributed by atoms with van der Waals surface area (Å²) in [7, 11) is 1.54. The zero-order valence-corrected chi connectivity index (χ0v) is 40.1. The van der Waals surface area contributed by atoms with E-state index in [9.17, 15) is 37.8 Å². The van der Waals surface area contributed by atoms with E-state index < -0.39 is 34.3 Å². The Morgan fingerprint density at radius 2 is 1.60 bits per heavy atom. The molecule has 1 aliphatic carbocycles. The van der Waals surface area contributed by atoms with Gasteiger partial charge in [-0.05, 0) is 43.5 Å². The molecular weight excluding hydrogens is 764 g/mol. The summed E-state index contributed by atoms with van der Waals surface area (Å²) in [5.74, 6) is -2.49. The van der Waals surface area contributed by atoms with Gasteiger partial charge in [0.1, 0.15) is 5.78 Å². The van der Waals surface area contributed by atoms with Crippen molar-refractivity contribution in [2.24, 2.45) is 7.05 Å². The van der Waals surface area contributed by atoms with Crippen molar-refractivity contribution in [1.29, 1.82) is 0 Å². The monoisotopic (exact) mass is 794 g/mol. The molecule has 0 fully saturated rings. The summed E-state index contributed by atoms with van der Waals surface area (Å²) < 4.78 is 25.4. The van der Waals surface area contributed by atoms with Crippen molar-refractivity contribution in [2.45, 2.75) is 30.6 Å². The summed E-state index contributed by atoms with van der Waals surface area (Å²) in [6.45, 7) is 0.321. The van der Waals surface area contributed by atoms with E-state index in [0.717, 1.165) is 0 Å². The third-order valence-corrected chi connectivity index (χ3v) is 9.28. The number of hydrogen-bond donors (Lipinski definition) is 3. The van der Waals surface area contributed by atoms with Gasteiger partial charge in [0.05, 0.1) is 23.2 Å². The number of aromatic nitrogens is 1. The third kappa shape index (κ3) is 11.0. The van der Waals surface area contributed by atoms with Gasteiger partial charge in [-0.1, -0.05) is 63.6 Å². The van der Waals surface area contributed by atoms with Crippen LogP contribution in [0.1, 0.15) is 57.5 Å². The number of hydrogen-bond acceptors (Lipinski definition) is 10. The number of carboxylic acids is 1. The molecule has 1 atom stereocenters. The first-order valence-corrected chi connectivity index (χ1v) is 17.1. The molecule has 0 radical (unpaired) electrons. The Morgan fingerprint density at radius 3 is 2.27 bits per heavy atom. The minimum atomic E-state index is -2.72. The number of fused-ring (bicyclic) bond motifs is 2. The van der Waals surface area contributed by atoms with E-state index >= 15 is 0 Å². The second kappa shape index (κ2) is 22.4. The molecule has 0 saturated heterocycles. The van der Waals surface area contributed by atoms with Gasteiger partial charge in [-0.3, -0.25) is 18.6 Å². The molecule has 1 unspecified atom stereocenters. The first kappa shape index (κ1) is 49.4. The van der Waals surface area contributed by atoms with Crippen LogP contribution in [-0.4, -0.2) is 49.9 Å². The number of nitrogens with one attached hydrogen (secondary N) is 3. The average molecular weight is 795 g/mol. The Hall–Kier alpha value is -1.76. The van der Waals surface area contributed by atoms with Crippen LogP contribution in [0.2, 0.25) is 0 Å². The van der Waals surface area contributed by atoms with Gasteiger partial charge in [-0.15, -0.1) is 6.07 Å². The number of carbonyl (C=O) groups excluding carboxylic acids is 4. The van der Waals surface area contributed by atoms with Gasteiger partial charge in [0.2, 0.25) is 5.91 Å². The van der Waals surface area contributed by atoms with E-state index in [1.54, 1.807) is 54.6 Å². The van der Waals surface area contributed by atoms with Gasteiger partial charge in [0.15, 0.2) is 5.78 Å². The number of carbonyl (C=O) groups is 4. The predicted molar refractivity (Wildman–Crippen MR) is 187 cm³/mol. The van der Waals surface area contributed by atoms with Crippen LogP contribution in [0.5, 0.6) is 0 Å². The number of anilines is 3. The van der Waals surface area contributed by atoms with Crippen LogP contribution >= 0.6 is 0 Å². The summed E-state index contributed by atoms with van der Waals surface area (Å²) in [4.78, 5) is 65.1. The van der Waals surface area contributed by atoms with Gasteiger partial charge in [0.25, 0.3) is 5.56 Å². The molecule has 17 heteroatoms. The molecule has 6 rings (SSSR count). The summed E-state index contributed by atoms with van der Waals surface area (Å²) in [6, 6.07) is 24.7. The van der Waals surface area contributed by atoms with Crippen molar-refractivity contribution in [3.8, 4) is 11.1 Å². The van der Waals surface area contributed by atoms with E-state index in [-0.39, 0.29) is 170 Å². The van der Waals surface area contributed by atoms with E-state index in [1.165, 1.54) is 29.8 Å². The molecule has 0 aliphatic heterocycles. The Kier molecular flexibility index (Phi) is 20.1. The fourth-order valence-corrected chi connectivity index (χ4v) is 6.63. The quantitative estimate of drug-likeness (QED) is 0.0314. The van der Waals surface area contributed by atoms with Crippen LogP contribution in [0.15, 0.2) is 82.5 Å². The molecule has 3 N–H and O–H groups in total. The number of rotatable bonds is 14. The minimum Gasteiger partial charge on any atom is -0.779 e. The van der Waals surface area contributed by atoms with Crippen molar-refractivity contribution in [3.05, 3.63) is 118 Å². The molecular formula is C38H30N4Na4O8S. The van der Waals surface area contributed by atoms with Crippen molar-refractivity contribution in [1.82, 2.24) is 9.88 Å². The Bertz CT molecular complexity index is 2320. The molecule has 1 aromatic heterocycles. The number of aliphatic carboxylic acids is 1. The first-order chi connectivity index (χ1) is 24.6. The zero-order chi connectivity index (χ0) is 36.2. The maximum atomic E-state index is 14.2. The summed E-state index contributed by atoms with van der Waals surface area (Å²) in [5.41, 5.74) is 1.85. The number of ketones is 2. The number of carboxylic acid groups (broad SMARTS) is 1. The SMILES string of the molecule is Cn1c(=O)c(C(=O)c2c[c-]ccc2)c2c3c(c(Nc4[c-]cc(S(=O)[O-])c(NC(=O)CNCCCCCC(=O)[O-])c4)ccc31)C(=O)c1ccccc1-2.[Na+].[Na+].[Na+].[Na+]. The molecule has 0 saturated carbocycles. The standard InChI is InChI=1S/C38H32N4O8S.4Na/c1-42-28-17-16-26(40-23-15-18-29(51(49)50)27(20-23)41-30(43)21-39-19-9-3-6-14-31(44)45)33-34(28)32(24-12-7-8-13-25(24)37(33)47)35(38(42)48)36(46)22-10-4-2-5-11-22;;;;/h2,4,7-8,10-13,16-18,20,39-40H,3,6,9,14,19,21H2,1H3,(H,41,43)(H,44,45)(H,49,50);;;;/q-2;4*+1/p-2. The van der Waals surface area contributed by atoms with E-state index in [1.807, 2.05) is 0 Å². The Balaban J connectivity index is 0.00000261. The van der Waals surface area contributed by atoms with Crippen LogP contribution < -0.4 is 145 Å². The topological polar surface area (TPSA) is 190 Å². The second-order valence-corrected chi connectivity index (χ2v) is 12.8. The zero-order valence-electron chi connectivity index (χ0n) is 31.3. The average Bonchev–Trinajstić information content (AvgIpc) is 3.12. The van der Waals surface area contributed by atoms with Gasteiger partial charge in [0, 0.05) is 35.2 Å². The molecule has 1 heterocycles. The minimum absolute atomic E-state index is 0. The molecule has 12 nitrogen and oxygen atoms in total. The molecule has 0 bridgehead atoms. The molecule has 1 amide bonds. The Morgan fingerprint density at radius 1 is 0.873 bits per heavy atom. The smallest absolute Gasteiger partial charge is 0.779 e. The fraction of sp³-hybridized carbons (Fsp3) is 0.184. The fourth-order valence-electron chi connectivity index (χ4n) is 6.19. The van der Waals surface area contributed by atoms with Gasteiger partial charge in [-0.25, -0.2) is 0 Å². The van der Waals surface area contributed by atoms with Crippen LogP contribution in [0, 0.1) is 12.1 Å². The predicted octanol–water partition coefficient (Wildman–Crippen LogP) is -8.58. The Labute approximate surface area is 408 Å². The summed E-state index contributed by atoms with van der Waals surface area (Å²) in [5, 5.41) is 19.6. The van der Waals surface area contributed by atoms with E-state index in [4.69, 9.17) is 0 Å². The number of pyridine rings is 1. The van der Waals surface area contributed by atoms with E-state index in [2.05, 4.69) is 28.1 Å². The molecule has 55 heavy (non-hydrogen) atoms. The number of nitrogens with zero attached hydrogens (tertiary/aromatic N) is 1. The van der Waals surface area contributed by atoms with Crippen molar-refractivity contribution in [3.63, 3.8) is 0 Å². The van der Waals surface area contributed by atoms with Crippen molar-refractivity contribution < 1.29 is 151 Å². The maximum Gasteiger partial charge on any atom is 1.00 e. The molecule has 1 aliphatic rings. The molecule has 0 spiro atoms. The summed E-state index contributed by atoms with van der Waals surface area (Å²) >= 11 is -2.72. The summed E-state index contributed by atoms with van der Waals surface area (Å²) in [6.07, 6.45) is 1.71. The van der Waals surface area contributed by atoms with E-state index in [0.29, 0.717) is 59.1 Å².